The Labute approximate surface area is 101 Å². The summed E-state index contributed by atoms with van der Waals surface area (Å²) in [6.45, 7) is 2.12. The Morgan fingerprint density at radius 1 is 0.941 bits per heavy atom. The zero-order chi connectivity index (χ0) is 11.8. The van der Waals surface area contributed by atoms with E-state index < -0.39 is 0 Å². The summed E-state index contributed by atoms with van der Waals surface area (Å²) in [5.74, 6) is 0. The lowest BCUT2D eigenvalue weighted by Crippen LogP contribution is -2.16. The zero-order valence-electron chi connectivity index (χ0n) is 9.93. The van der Waals surface area contributed by atoms with Crippen LogP contribution in [0.1, 0.15) is 19.5 Å². The number of hydrogen-bond donors (Lipinski definition) is 1. The van der Waals surface area contributed by atoms with Crippen LogP contribution in [0.15, 0.2) is 48.5 Å². The van der Waals surface area contributed by atoms with Crippen LogP contribution in [-0.2, 0) is 0 Å². The molecule has 0 aliphatic heterocycles. The third-order valence-corrected chi connectivity index (χ3v) is 3.37. The Hall–Kier alpha value is -1.80. The Morgan fingerprint density at radius 3 is 1.88 bits per heavy atom. The topological polar surface area (TPSA) is 30.9 Å². The molecule has 0 aliphatic rings. The molecule has 0 fully saturated rings. The van der Waals surface area contributed by atoms with E-state index in [-0.39, 0.29) is 6.17 Å². The highest BCUT2D eigenvalue weighted by molar-refractivity contribution is 6.08. The highest BCUT2D eigenvalue weighted by Gasteiger charge is 2.12. The van der Waals surface area contributed by atoms with Crippen LogP contribution in [0.4, 0.5) is 0 Å². The Bertz CT molecular complexity index is 614. The zero-order valence-corrected chi connectivity index (χ0v) is 9.93. The van der Waals surface area contributed by atoms with Crippen LogP contribution in [0.3, 0.4) is 0 Å². The van der Waals surface area contributed by atoms with E-state index in [4.69, 9.17) is 5.73 Å². The number of para-hydroxylation sites is 2. The van der Waals surface area contributed by atoms with E-state index in [0.29, 0.717) is 0 Å². The first kappa shape index (κ1) is 10.4. The molecule has 2 heteroatoms. The summed E-state index contributed by atoms with van der Waals surface area (Å²) in [6.07, 6.45) is 0.975. The molecule has 0 spiro atoms. The lowest BCUT2D eigenvalue weighted by Gasteiger charge is -2.14. The predicted octanol–water partition coefficient (Wildman–Crippen LogP) is 3.66. The Morgan fingerprint density at radius 2 is 1.41 bits per heavy atom. The molecule has 2 aromatic carbocycles. The summed E-state index contributed by atoms with van der Waals surface area (Å²) in [6, 6.07) is 16.9. The summed E-state index contributed by atoms with van der Waals surface area (Å²) in [4.78, 5) is 0. The average Bonchev–Trinajstić information content (AvgIpc) is 2.72. The maximum atomic E-state index is 6.23. The molecule has 0 amide bonds. The predicted molar refractivity (Wildman–Crippen MR) is 73.0 cm³/mol. The number of rotatable bonds is 2. The number of benzene rings is 2. The van der Waals surface area contributed by atoms with Crippen LogP contribution >= 0.6 is 0 Å². The van der Waals surface area contributed by atoms with Gasteiger partial charge in [0.05, 0.1) is 17.2 Å². The quantitative estimate of drug-likeness (QED) is 0.707. The van der Waals surface area contributed by atoms with Crippen LogP contribution in [0.5, 0.6) is 0 Å². The number of fused-ring (bicyclic) bond motifs is 3. The smallest absolute Gasteiger partial charge is 0.0818 e. The lowest BCUT2D eigenvalue weighted by atomic mass is 10.2. The van der Waals surface area contributed by atoms with Crippen LogP contribution in [0, 0.1) is 0 Å². The minimum atomic E-state index is 0.0415. The molecule has 0 aliphatic carbocycles. The van der Waals surface area contributed by atoms with Gasteiger partial charge in [-0.2, -0.15) is 0 Å². The summed E-state index contributed by atoms with van der Waals surface area (Å²) in [5.41, 5.74) is 8.68. The second-order valence-electron chi connectivity index (χ2n) is 4.38. The molecule has 0 radical (unpaired) electrons. The summed E-state index contributed by atoms with van der Waals surface area (Å²) in [7, 11) is 0. The van der Waals surface area contributed by atoms with E-state index in [1.54, 1.807) is 0 Å². The fourth-order valence-electron chi connectivity index (χ4n) is 2.49. The van der Waals surface area contributed by atoms with Gasteiger partial charge in [-0.25, -0.2) is 0 Å². The normalized spacial score (nSPS) is 13.3. The van der Waals surface area contributed by atoms with Gasteiger partial charge in [-0.05, 0) is 18.6 Å². The maximum Gasteiger partial charge on any atom is 0.0818 e. The standard InChI is InChI=1S/C15H16N2/c1-2-15(16)17-13-9-5-3-7-11(13)12-8-4-6-10-14(12)17/h3-10,15H,2,16H2,1H3. The van der Waals surface area contributed by atoms with Gasteiger partial charge in [0.15, 0.2) is 0 Å². The molecule has 0 saturated carbocycles. The third kappa shape index (κ3) is 1.45. The molecule has 3 rings (SSSR count). The van der Waals surface area contributed by atoms with Crippen molar-refractivity contribution in [1.29, 1.82) is 0 Å². The van der Waals surface area contributed by atoms with Crippen LogP contribution < -0.4 is 5.73 Å². The van der Waals surface area contributed by atoms with Gasteiger partial charge < -0.3 is 10.3 Å². The molecule has 17 heavy (non-hydrogen) atoms. The van der Waals surface area contributed by atoms with E-state index >= 15 is 0 Å². The third-order valence-electron chi connectivity index (χ3n) is 3.37. The van der Waals surface area contributed by atoms with E-state index in [1.807, 2.05) is 0 Å². The van der Waals surface area contributed by atoms with Crippen molar-refractivity contribution in [2.45, 2.75) is 19.5 Å². The highest BCUT2D eigenvalue weighted by atomic mass is 15.1. The monoisotopic (exact) mass is 224 g/mol. The van der Waals surface area contributed by atoms with Crippen LogP contribution in [-0.4, -0.2) is 4.57 Å². The molecular formula is C15H16N2. The van der Waals surface area contributed by atoms with Crippen molar-refractivity contribution in [2.75, 3.05) is 0 Å². The second-order valence-corrected chi connectivity index (χ2v) is 4.38. The van der Waals surface area contributed by atoms with Gasteiger partial charge in [0.2, 0.25) is 0 Å². The number of hydrogen-bond acceptors (Lipinski definition) is 1. The first-order valence-electron chi connectivity index (χ1n) is 6.06. The summed E-state index contributed by atoms with van der Waals surface area (Å²) >= 11 is 0. The number of nitrogens with zero attached hydrogens (tertiary/aromatic N) is 1. The van der Waals surface area contributed by atoms with Crippen molar-refractivity contribution in [3.05, 3.63) is 48.5 Å². The van der Waals surface area contributed by atoms with E-state index in [9.17, 15) is 0 Å². The van der Waals surface area contributed by atoms with Crippen molar-refractivity contribution in [3.63, 3.8) is 0 Å². The van der Waals surface area contributed by atoms with Crippen molar-refractivity contribution < 1.29 is 0 Å². The molecule has 2 nitrogen and oxygen atoms in total. The molecular weight excluding hydrogens is 208 g/mol. The molecule has 1 aromatic heterocycles. The maximum absolute atomic E-state index is 6.23. The lowest BCUT2D eigenvalue weighted by molar-refractivity contribution is 0.535. The second kappa shape index (κ2) is 3.90. The molecule has 0 saturated heterocycles. The molecule has 2 N–H and O–H groups in total. The van der Waals surface area contributed by atoms with Crippen LogP contribution in [0.2, 0.25) is 0 Å². The molecule has 1 atom stereocenters. The largest absolute Gasteiger partial charge is 0.324 e. The van der Waals surface area contributed by atoms with E-state index in [1.165, 1.54) is 21.8 Å². The molecule has 1 unspecified atom stereocenters. The minimum absolute atomic E-state index is 0.0415. The minimum Gasteiger partial charge on any atom is -0.324 e. The van der Waals surface area contributed by atoms with Gasteiger partial charge in [-0.3, -0.25) is 0 Å². The fraction of sp³-hybridized carbons (Fsp3) is 0.200. The Balaban J connectivity index is 2.50. The molecule has 3 aromatic rings. The molecule has 86 valence electrons. The van der Waals surface area contributed by atoms with Gasteiger partial charge in [-0.1, -0.05) is 43.3 Å². The SMILES string of the molecule is CCC(N)n1c2ccccc2c2ccccc21. The van der Waals surface area contributed by atoms with E-state index in [2.05, 4.69) is 60.0 Å². The van der Waals surface area contributed by atoms with Crippen molar-refractivity contribution in [1.82, 2.24) is 4.57 Å². The van der Waals surface area contributed by atoms with Crippen molar-refractivity contribution in [2.24, 2.45) is 5.73 Å². The number of aromatic nitrogens is 1. The molecule has 0 bridgehead atoms. The first-order chi connectivity index (χ1) is 8.33. The van der Waals surface area contributed by atoms with Crippen molar-refractivity contribution >= 4 is 21.8 Å². The fourth-order valence-corrected chi connectivity index (χ4v) is 2.49. The van der Waals surface area contributed by atoms with Gasteiger partial charge >= 0.3 is 0 Å². The van der Waals surface area contributed by atoms with E-state index in [0.717, 1.165) is 6.42 Å². The highest BCUT2D eigenvalue weighted by Crippen LogP contribution is 2.30. The van der Waals surface area contributed by atoms with Gasteiger partial charge in [0, 0.05) is 10.8 Å². The Kier molecular flexibility index (Phi) is 2.37. The summed E-state index contributed by atoms with van der Waals surface area (Å²) < 4.78 is 2.24. The van der Waals surface area contributed by atoms with Crippen LogP contribution in [0.25, 0.3) is 21.8 Å². The average molecular weight is 224 g/mol. The number of nitrogens with two attached hydrogens (primary N) is 1. The van der Waals surface area contributed by atoms with Gasteiger partial charge in [0.25, 0.3) is 0 Å². The van der Waals surface area contributed by atoms with Crippen molar-refractivity contribution in [3.8, 4) is 0 Å². The first-order valence-corrected chi connectivity index (χ1v) is 6.06. The van der Waals surface area contributed by atoms with Gasteiger partial charge in [0.1, 0.15) is 0 Å². The molecule has 1 heterocycles. The van der Waals surface area contributed by atoms with Gasteiger partial charge in [-0.15, -0.1) is 0 Å². The summed E-state index contributed by atoms with van der Waals surface area (Å²) in [5, 5.41) is 2.57.